The van der Waals surface area contributed by atoms with Gasteiger partial charge in [0.2, 0.25) is 0 Å². The van der Waals surface area contributed by atoms with Crippen LogP contribution in [0.25, 0.3) is 0 Å². The van der Waals surface area contributed by atoms with Gasteiger partial charge in [0.1, 0.15) is 0 Å². The van der Waals surface area contributed by atoms with Crippen LogP contribution in [0.2, 0.25) is 0 Å². The normalized spacial score (nSPS) is 10.2. The van der Waals surface area contributed by atoms with Crippen molar-refractivity contribution in [2.45, 2.75) is 38.8 Å². The van der Waals surface area contributed by atoms with Crippen molar-refractivity contribution in [1.29, 1.82) is 5.26 Å². The number of hydrogen-bond acceptors (Lipinski definition) is 4. The highest BCUT2D eigenvalue weighted by Gasteiger charge is 2.04. The molecule has 1 aromatic heterocycles. The van der Waals surface area contributed by atoms with E-state index in [1.165, 1.54) is 21.4 Å². The van der Waals surface area contributed by atoms with E-state index in [0.717, 1.165) is 12.8 Å². The monoisotopic (exact) mass is 250 g/mol. The van der Waals surface area contributed by atoms with Crippen LogP contribution < -0.4 is 17.0 Å². The molecule has 0 saturated carbocycles. The Morgan fingerprint density at radius 1 is 1.22 bits per heavy atom. The predicted octanol–water partition coefficient (Wildman–Crippen LogP) is 0.0527. The fourth-order valence-corrected chi connectivity index (χ4v) is 1.67. The van der Waals surface area contributed by atoms with Crippen LogP contribution in [0.15, 0.2) is 21.9 Å². The molecule has 1 aromatic rings. The molecule has 0 radical (unpaired) electrons. The number of nitriles is 1. The van der Waals surface area contributed by atoms with Crippen molar-refractivity contribution in [3.63, 3.8) is 0 Å². The van der Waals surface area contributed by atoms with Gasteiger partial charge in [-0.05, 0) is 25.8 Å². The van der Waals surface area contributed by atoms with Crippen LogP contribution in [0.5, 0.6) is 0 Å². The fourth-order valence-electron chi connectivity index (χ4n) is 1.67. The molecule has 0 aliphatic carbocycles. The Morgan fingerprint density at radius 3 is 2.67 bits per heavy atom. The molecule has 2 N–H and O–H groups in total. The second-order valence-electron chi connectivity index (χ2n) is 4.04. The summed E-state index contributed by atoms with van der Waals surface area (Å²) in [4.78, 5) is 23.5. The molecule has 0 unspecified atom stereocenters. The molecule has 6 heteroatoms. The molecule has 6 nitrogen and oxygen atoms in total. The Morgan fingerprint density at radius 2 is 2.00 bits per heavy atom. The molecule has 0 bridgehead atoms. The van der Waals surface area contributed by atoms with E-state index < -0.39 is 0 Å². The average Bonchev–Trinajstić information content (AvgIpc) is 2.37. The third-order valence-corrected chi connectivity index (χ3v) is 2.66. The third kappa shape index (κ3) is 3.86. The van der Waals surface area contributed by atoms with Gasteiger partial charge < -0.3 is 10.3 Å². The summed E-state index contributed by atoms with van der Waals surface area (Å²) in [6, 6.07) is 3.45. The zero-order chi connectivity index (χ0) is 13.4. The Kier molecular flexibility index (Phi) is 5.88. The molecule has 0 aromatic carbocycles. The van der Waals surface area contributed by atoms with Gasteiger partial charge in [-0.15, -0.1) is 0 Å². The predicted molar refractivity (Wildman–Crippen MR) is 68.1 cm³/mol. The van der Waals surface area contributed by atoms with Crippen molar-refractivity contribution >= 4 is 0 Å². The lowest BCUT2D eigenvalue weighted by Gasteiger charge is -2.08. The van der Waals surface area contributed by atoms with E-state index in [0.29, 0.717) is 32.5 Å². The summed E-state index contributed by atoms with van der Waals surface area (Å²) >= 11 is 0. The summed E-state index contributed by atoms with van der Waals surface area (Å²) in [5, 5.41) is 8.42. The highest BCUT2D eigenvalue weighted by Crippen LogP contribution is 1.95. The van der Waals surface area contributed by atoms with Gasteiger partial charge in [-0.2, -0.15) is 5.26 Å². The molecular formula is C12H18N4O2. The minimum absolute atomic E-state index is 0.290. The maximum absolute atomic E-state index is 12.0. The van der Waals surface area contributed by atoms with Crippen molar-refractivity contribution < 1.29 is 0 Å². The molecule has 98 valence electrons. The summed E-state index contributed by atoms with van der Waals surface area (Å²) in [5.41, 5.74) is 4.78. The average molecular weight is 250 g/mol. The lowest BCUT2D eigenvalue weighted by atomic mass is 10.2. The molecule has 0 aliphatic heterocycles. The Hall–Kier alpha value is -1.87. The maximum Gasteiger partial charge on any atom is 0.330 e. The van der Waals surface area contributed by atoms with Crippen LogP contribution in [0, 0.1) is 11.3 Å². The number of nitrogens with two attached hydrogens (primary N) is 1. The first kappa shape index (κ1) is 14.2. The Labute approximate surface area is 105 Å². The van der Waals surface area contributed by atoms with Gasteiger partial charge in [-0.1, -0.05) is 0 Å². The zero-order valence-electron chi connectivity index (χ0n) is 10.3. The van der Waals surface area contributed by atoms with Crippen LogP contribution in [-0.4, -0.2) is 15.7 Å². The molecule has 0 amide bonds. The molecule has 18 heavy (non-hydrogen) atoms. The second kappa shape index (κ2) is 7.45. The molecule has 0 spiro atoms. The van der Waals surface area contributed by atoms with Crippen LogP contribution in [0.1, 0.15) is 25.7 Å². The van der Waals surface area contributed by atoms with E-state index in [1.54, 1.807) is 0 Å². The first-order valence-corrected chi connectivity index (χ1v) is 6.08. The largest absolute Gasteiger partial charge is 0.330 e. The van der Waals surface area contributed by atoms with Crippen molar-refractivity contribution in [3.05, 3.63) is 33.1 Å². The number of nitrogens with zero attached hydrogens (tertiary/aromatic N) is 3. The highest BCUT2D eigenvalue weighted by atomic mass is 16.2. The summed E-state index contributed by atoms with van der Waals surface area (Å²) < 4.78 is 2.71. The number of aromatic nitrogens is 2. The lowest BCUT2D eigenvalue weighted by molar-refractivity contribution is 0.518. The maximum atomic E-state index is 12.0. The van der Waals surface area contributed by atoms with Gasteiger partial charge in [0.05, 0.1) is 6.07 Å². The Balaban J connectivity index is 2.78. The summed E-state index contributed by atoms with van der Waals surface area (Å²) in [6.45, 7) is 1.33. The summed E-state index contributed by atoms with van der Waals surface area (Å²) in [7, 11) is 0. The topological polar surface area (TPSA) is 93.8 Å². The lowest BCUT2D eigenvalue weighted by Crippen LogP contribution is -2.39. The van der Waals surface area contributed by atoms with E-state index in [1.807, 2.05) is 0 Å². The zero-order valence-corrected chi connectivity index (χ0v) is 10.3. The number of rotatable bonds is 7. The molecule has 1 heterocycles. The van der Waals surface area contributed by atoms with Crippen molar-refractivity contribution in [2.75, 3.05) is 6.54 Å². The standard InChI is InChI=1S/C12H18N4O2/c13-6-2-1-3-8-15-10-5-11(17)16(12(15)18)9-4-7-14/h5,10H,1-4,7-9,14H2. The van der Waals surface area contributed by atoms with E-state index in [9.17, 15) is 9.59 Å². The minimum atomic E-state index is -0.298. The SMILES string of the molecule is N#CCCCCn1ccc(=O)n(CCCN)c1=O. The molecule has 1 rings (SSSR count). The van der Waals surface area contributed by atoms with Gasteiger partial charge in [0.25, 0.3) is 5.56 Å². The van der Waals surface area contributed by atoms with Crippen LogP contribution in [0.4, 0.5) is 0 Å². The van der Waals surface area contributed by atoms with Crippen LogP contribution >= 0.6 is 0 Å². The fraction of sp³-hybridized carbons (Fsp3) is 0.583. The van der Waals surface area contributed by atoms with E-state index in [4.69, 9.17) is 11.0 Å². The van der Waals surface area contributed by atoms with E-state index in [2.05, 4.69) is 6.07 Å². The van der Waals surface area contributed by atoms with Crippen molar-refractivity contribution in [3.8, 4) is 6.07 Å². The van der Waals surface area contributed by atoms with Gasteiger partial charge in [-0.3, -0.25) is 9.36 Å². The quantitative estimate of drug-likeness (QED) is 0.692. The van der Waals surface area contributed by atoms with Crippen LogP contribution in [-0.2, 0) is 13.1 Å². The molecule has 0 atom stereocenters. The molecule has 0 aliphatic rings. The minimum Gasteiger partial charge on any atom is -0.330 e. The number of aryl methyl sites for hydroxylation is 1. The Bertz CT molecular complexity index is 524. The van der Waals surface area contributed by atoms with Gasteiger partial charge in [0.15, 0.2) is 0 Å². The van der Waals surface area contributed by atoms with Gasteiger partial charge in [-0.25, -0.2) is 4.79 Å². The van der Waals surface area contributed by atoms with Crippen LogP contribution in [0.3, 0.4) is 0 Å². The van der Waals surface area contributed by atoms with Gasteiger partial charge >= 0.3 is 5.69 Å². The number of unbranched alkanes of at least 4 members (excludes halogenated alkanes) is 2. The summed E-state index contributed by atoms with van der Waals surface area (Å²) in [5.74, 6) is 0. The third-order valence-electron chi connectivity index (χ3n) is 2.66. The van der Waals surface area contributed by atoms with Crippen molar-refractivity contribution in [1.82, 2.24) is 9.13 Å². The number of hydrogen-bond donors (Lipinski definition) is 1. The van der Waals surface area contributed by atoms with E-state index >= 15 is 0 Å². The highest BCUT2D eigenvalue weighted by molar-refractivity contribution is 4.86. The smallest absolute Gasteiger partial charge is 0.330 e. The first-order valence-electron chi connectivity index (χ1n) is 6.08. The molecular weight excluding hydrogens is 232 g/mol. The van der Waals surface area contributed by atoms with Gasteiger partial charge in [0, 0.05) is 31.8 Å². The van der Waals surface area contributed by atoms with E-state index in [-0.39, 0.29) is 11.2 Å². The second-order valence-corrected chi connectivity index (χ2v) is 4.04. The molecule has 0 saturated heterocycles. The van der Waals surface area contributed by atoms with Crippen molar-refractivity contribution in [2.24, 2.45) is 5.73 Å². The summed E-state index contributed by atoms with van der Waals surface area (Å²) in [6.07, 6.45) is 4.11. The first-order chi connectivity index (χ1) is 8.70. The molecule has 0 fully saturated rings.